The van der Waals surface area contributed by atoms with E-state index in [9.17, 15) is 4.79 Å². The first-order chi connectivity index (χ1) is 13.1. The van der Waals surface area contributed by atoms with Gasteiger partial charge in [0.15, 0.2) is 0 Å². The van der Waals surface area contributed by atoms with Gasteiger partial charge in [-0.1, -0.05) is 19.1 Å². The Morgan fingerprint density at radius 1 is 1.04 bits per heavy atom. The van der Waals surface area contributed by atoms with Crippen LogP contribution in [-0.2, 0) is 17.6 Å². The minimum Gasteiger partial charge on any atom is -0.494 e. The highest BCUT2D eigenvalue weighted by molar-refractivity contribution is 5.96. The fourth-order valence-corrected chi connectivity index (χ4v) is 3.00. The molecule has 2 aromatic carbocycles. The molecule has 5 nitrogen and oxygen atoms in total. The SMILES string of the molecule is CCOc1ccc(OCC)c(NC(=O)Cc2coc3cc(CC)ccc23)c1. The molecule has 0 unspecified atom stereocenters. The molecule has 0 spiro atoms. The number of rotatable bonds is 8. The summed E-state index contributed by atoms with van der Waals surface area (Å²) in [5, 5.41) is 3.90. The summed E-state index contributed by atoms with van der Waals surface area (Å²) < 4.78 is 16.8. The molecule has 0 bridgehead atoms. The molecule has 1 N–H and O–H groups in total. The Morgan fingerprint density at radius 3 is 2.59 bits per heavy atom. The molecule has 3 aromatic rings. The van der Waals surface area contributed by atoms with Gasteiger partial charge in [-0.3, -0.25) is 4.79 Å². The minimum absolute atomic E-state index is 0.133. The lowest BCUT2D eigenvalue weighted by Crippen LogP contribution is -2.15. The molecule has 0 saturated heterocycles. The van der Waals surface area contributed by atoms with E-state index in [0.717, 1.165) is 23.0 Å². The van der Waals surface area contributed by atoms with Gasteiger partial charge in [0.25, 0.3) is 0 Å². The zero-order valence-electron chi connectivity index (χ0n) is 16.0. The van der Waals surface area contributed by atoms with E-state index in [1.165, 1.54) is 5.56 Å². The van der Waals surface area contributed by atoms with Crippen LogP contribution in [0.5, 0.6) is 11.5 Å². The number of furan rings is 1. The molecule has 1 aromatic heterocycles. The van der Waals surface area contributed by atoms with E-state index in [1.54, 1.807) is 12.3 Å². The van der Waals surface area contributed by atoms with Crippen molar-refractivity contribution >= 4 is 22.6 Å². The fraction of sp³-hybridized carbons (Fsp3) is 0.318. The zero-order chi connectivity index (χ0) is 19.2. The van der Waals surface area contributed by atoms with Crippen molar-refractivity contribution < 1.29 is 18.7 Å². The average molecular weight is 367 g/mol. The first-order valence-corrected chi connectivity index (χ1v) is 9.33. The third kappa shape index (κ3) is 4.42. The molecule has 0 aliphatic carbocycles. The van der Waals surface area contributed by atoms with Crippen molar-refractivity contribution in [2.24, 2.45) is 0 Å². The molecular formula is C22H25NO4. The predicted octanol–water partition coefficient (Wildman–Crippen LogP) is 4.97. The quantitative estimate of drug-likeness (QED) is 0.610. The standard InChI is InChI=1S/C22H25NO4/c1-4-15-7-9-18-16(14-27-21(18)11-15)12-22(24)23-19-13-17(25-5-2)8-10-20(19)26-6-3/h7-11,13-14H,4-6,12H2,1-3H3,(H,23,24). The van der Waals surface area contributed by atoms with E-state index in [0.29, 0.717) is 30.4 Å². The number of fused-ring (bicyclic) bond motifs is 1. The van der Waals surface area contributed by atoms with Gasteiger partial charge in [0.1, 0.15) is 17.1 Å². The molecule has 0 saturated carbocycles. The second-order valence-corrected chi connectivity index (χ2v) is 6.19. The second-order valence-electron chi connectivity index (χ2n) is 6.19. The van der Waals surface area contributed by atoms with Gasteiger partial charge in [0.2, 0.25) is 5.91 Å². The Labute approximate surface area is 159 Å². The maximum absolute atomic E-state index is 12.6. The van der Waals surface area contributed by atoms with Crippen LogP contribution in [0.3, 0.4) is 0 Å². The number of carbonyl (C=O) groups is 1. The first kappa shape index (κ1) is 18.8. The highest BCUT2D eigenvalue weighted by atomic mass is 16.5. The lowest BCUT2D eigenvalue weighted by Gasteiger charge is -2.13. The third-order valence-electron chi connectivity index (χ3n) is 4.32. The van der Waals surface area contributed by atoms with Crippen LogP contribution in [-0.4, -0.2) is 19.1 Å². The van der Waals surface area contributed by atoms with Crippen LogP contribution in [0, 0.1) is 0 Å². The third-order valence-corrected chi connectivity index (χ3v) is 4.32. The van der Waals surface area contributed by atoms with Gasteiger partial charge in [-0.2, -0.15) is 0 Å². The van der Waals surface area contributed by atoms with Crippen LogP contribution >= 0.6 is 0 Å². The van der Waals surface area contributed by atoms with Crippen molar-refractivity contribution in [3.63, 3.8) is 0 Å². The maximum Gasteiger partial charge on any atom is 0.229 e. The summed E-state index contributed by atoms with van der Waals surface area (Å²) in [6, 6.07) is 11.5. The predicted molar refractivity (Wildman–Crippen MR) is 107 cm³/mol. The Kier molecular flexibility index (Phi) is 6.01. The Hall–Kier alpha value is -2.95. The molecule has 27 heavy (non-hydrogen) atoms. The molecule has 0 atom stereocenters. The lowest BCUT2D eigenvalue weighted by atomic mass is 10.1. The van der Waals surface area contributed by atoms with Gasteiger partial charge >= 0.3 is 0 Å². The maximum atomic E-state index is 12.6. The molecule has 0 fully saturated rings. The largest absolute Gasteiger partial charge is 0.494 e. The van der Waals surface area contributed by atoms with Gasteiger partial charge in [-0.15, -0.1) is 0 Å². The Bertz CT molecular complexity index is 929. The van der Waals surface area contributed by atoms with Crippen molar-refractivity contribution in [2.75, 3.05) is 18.5 Å². The van der Waals surface area contributed by atoms with Crippen molar-refractivity contribution in [3.05, 3.63) is 53.8 Å². The topological polar surface area (TPSA) is 60.7 Å². The summed E-state index contributed by atoms with van der Waals surface area (Å²) in [4.78, 5) is 12.6. The zero-order valence-corrected chi connectivity index (χ0v) is 16.0. The van der Waals surface area contributed by atoms with Crippen LogP contribution < -0.4 is 14.8 Å². The van der Waals surface area contributed by atoms with Crippen LogP contribution in [0.25, 0.3) is 11.0 Å². The van der Waals surface area contributed by atoms with E-state index in [-0.39, 0.29) is 12.3 Å². The van der Waals surface area contributed by atoms with Gasteiger partial charge < -0.3 is 19.2 Å². The monoisotopic (exact) mass is 367 g/mol. The number of anilines is 1. The summed E-state index contributed by atoms with van der Waals surface area (Å²) in [6.07, 6.45) is 2.83. The highest BCUT2D eigenvalue weighted by Gasteiger charge is 2.14. The number of carbonyl (C=O) groups excluding carboxylic acids is 1. The molecule has 5 heteroatoms. The molecule has 142 valence electrons. The lowest BCUT2D eigenvalue weighted by molar-refractivity contribution is -0.115. The molecular weight excluding hydrogens is 342 g/mol. The number of nitrogens with one attached hydrogen (secondary N) is 1. The van der Waals surface area contributed by atoms with E-state index in [4.69, 9.17) is 13.9 Å². The van der Waals surface area contributed by atoms with Crippen LogP contribution in [0.15, 0.2) is 47.1 Å². The number of amides is 1. The molecule has 0 radical (unpaired) electrons. The summed E-state index contributed by atoms with van der Waals surface area (Å²) in [6.45, 7) is 7.00. The molecule has 3 rings (SSSR count). The Balaban J connectivity index is 1.78. The summed E-state index contributed by atoms with van der Waals surface area (Å²) in [7, 11) is 0. The summed E-state index contributed by atoms with van der Waals surface area (Å²) in [5.74, 6) is 1.18. The van der Waals surface area contributed by atoms with Crippen molar-refractivity contribution in [1.82, 2.24) is 0 Å². The van der Waals surface area contributed by atoms with Gasteiger partial charge in [0.05, 0.1) is 31.6 Å². The molecule has 0 aliphatic rings. The number of benzene rings is 2. The van der Waals surface area contributed by atoms with Crippen LogP contribution in [0.1, 0.15) is 31.9 Å². The number of hydrogen-bond donors (Lipinski definition) is 1. The second kappa shape index (κ2) is 8.62. The van der Waals surface area contributed by atoms with Crippen molar-refractivity contribution in [3.8, 4) is 11.5 Å². The van der Waals surface area contributed by atoms with Crippen LogP contribution in [0.2, 0.25) is 0 Å². The number of ether oxygens (including phenoxy) is 2. The Morgan fingerprint density at radius 2 is 1.85 bits per heavy atom. The molecule has 0 aliphatic heterocycles. The highest BCUT2D eigenvalue weighted by Crippen LogP contribution is 2.30. The first-order valence-electron chi connectivity index (χ1n) is 9.33. The van der Waals surface area contributed by atoms with Gasteiger partial charge in [0, 0.05) is 17.0 Å². The van der Waals surface area contributed by atoms with Gasteiger partial charge in [-0.05, 0) is 44.0 Å². The fourth-order valence-electron chi connectivity index (χ4n) is 3.00. The van der Waals surface area contributed by atoms with Crippen LogP contribution in [0.4, 0.5) is 5.69 Å². The average Bonchev–Trinajstić information content (AvgIpc) is 3.06. The van der Waals surface area contributed by atoms with E-state index in [2.05, 4.69) is 18.3 Å². The van der Waals surface area contributed by atoms with E-state index in [1.807, 2.05) is 38.1 Å². The smallest absolute Gasteiger partial charge is 0.229 e. The van der Waals surface area contributed by atoms with Crippen molar-refractivity contribution in [2.45, 2.75) is 33.6 Å². The van der Waals surface area contributed by atoms with Gasteiger partial charge in [-0.25, -0.2) is 0 Å². The van der Waals surface area contributed by atoms with E-state index >= 15 is 0 Å². The molecule has 1 amide bonds. The number of aryl methyl sites for hydroxylation is 1. The minimum atomic E-state index is -0.133. The summed E-state index contributed by atoms with van der Waals surface area (Å²) >= 11 is 0. The van der Waals surface area contributed by atoms with E-state index < -0.39 is 0 Å². The normalized spacial score (nSPS) is 10.8. The summed E-state index contributed by atoms with van der Waals surface area (Å²) in [5.41, 5.74) is 3.49. The van der Waals surface area contributed by atoms with Crippen molar-refractivity contribution in [1.29, 1.82) is 0 Å². The molecule has 1 heterocycles. The number of hydrogen-bond acceptors (Lipinski definition) is 4.